The van der Waals surface area contributed by atoms with Gasteiger partial charge in [0.1, 0.15) is 12.4 Å². The van der Waals surface area contributed by atoms with Crippen molar-refractivity contribution in [2.45, 2.75) is 69.9 Å². The van der Waals surface area contributed by atoms with Crippen LogP contribution in [0.25, 0.3) is 0 Å². The van der Waals surface area contributed by atoms with Crippen molar-refractivity contribution in [3.8, 4) is 0 Å². The lowest BCUT2D eigenvalue weighted by molar-refractivity contribution is -0.321. The maximum absolute atomic E-state index is 12.8. The predicted octanol–water partition coefficient (Wildman–Crippen LogP) is 0.920. The molecule has 174 valence electrons. The van der Waals surface area contributed by atoms with Crippen molar-refractivity contribution < 1.29 is 37.1 Å². The smallest absolute Gasteiger partial charge is 0.368 e. The maximum atomic E-state index is 12.8. The van der Waals surface area contributed by atoms with Gasteiger partial charge in [-0.25, -0.2) is 0 Å². The SMILES string of the molecule is CC(C)C(=O)C1CC2(C1)C[C@@H](C(N)=O)N2[C@@H](C[C@@H]1CCNC1=O)C(=O)COC(F)(F)F. The van der Waals surface area contributed by atoms with Crippen LogP contribution >= 0.6 is 0 Å². The molecule has 0 aromatic heterocycles. The number of hydrogen-bond acceptors (Lipinski definition) is 6. The summed E-state index contributed by atoms with van der Waals surface area (Å²) in [5, 5.41) is 2.65. The number of primary amides is 1. The van der Waals surface area contributed by atoms with Crippen molar-refractivity contribution in [1.82, 2.24) is 10.2 Å². The summed E-state index contributed by atoms with van der Waals surface area (Å²) in [5.74, 6) is -2.70. The lowest BCUT2D eigenvalue weighted by Gasteiger charge is -2.66. The van der Waals surface area contributed by atoms with Crippen LogP contribution in [-0.2, 0) is 23.9 Å². The highest BCUT2D eigenvalue weighted by molar-refractivity contribution is 5.90. The van der Waals surface area contributed by atoms with Crippen molar-refractivity contribution in [2.75, 3.05) is 13.2 Å². The molecule has 0 aromatic carbocycles. The fraction of sp³-hybridized carbons (Fsp3) is 0.800. The van der Waals surface area contributed by atoms with Gasteiger partial charge in [0.2, 0.25) is 11.8 Å². The Morgan fingerprint density at radius 3 is 2.39 bits per heavy atom. The van der Waals surface area contributed by atoms with Crippen molar-refractivity contribution in [1.29, 1.82) is 0 Å². The van der Waals surface area contributed by atoms with Crippen LogP contribution in [0.1, 0.15) is 46.0 Å². The number of ether oxygens (including phenoxy) is 1. The van der Waals surface area contributed by atoms with Gasteiger partial charge in [-0.2, -0.15) is 0 Å². The van der Waals surface area contributed by atoms with E-state index in [1.54, 1.807) is 18.7 Å². The number of nitrogens with one attached hydrogen (secondary N) is 1. The first-order valence-electron chi connectivity index (χ1n) is 10.5. The molecule has 2 saturated heterocycles. The number of nitrogens with two attached hydrogens (primary N) is 1. The number of likely N-dealkylation sites (tertiary alicyclic amines) is 1. The molecular formula is C20H28F3N3O5. The summed E-state index contributed by atoms with van der Waals surface area (Å²) in [6, 6.07) is -1.96. The van der Waals surface area contributed by atoms with Crippen LogP contribution < -0.4 is 11.1 Å². The van der Waals surface area contributed by atoms with Crippen molar-refractivity contribution in [3.63, 3.8) is 0 Å². The normalized spacial score (nSPS) is 31.8. The van der Waals surface area contributed by atoms with Crippen LogP contribution in [-0.4, -0.2) is 65.4 Å². The summed E-state index contributed by atoms with van der Waals surface area (Å²) in [7, 11) is 0. The van der Waals surface area contributed by atoms with E-state index < -0.39 is 48.2 Å². The van der Waals surface area contributed by atoms with E-state index in [9.17, 15) is 32.3 Å². The second-order valence-corrected chi connectivity index (χ2v) is 9.14. The van der Waals surface area contributed by atoms with Crippen molar-refractivity contribution in [3.05, 3.63) is 0 Å². The number of rotatable bonds is 9. The zero-order valence-corrected chi connectivity index (χ0v) is 17.5. The van der Waals surface area contributed by atoms with Gasteiger partial charge in [-0.05, 0) is 32.1 Å². The molecular weight excluding hydrogens is 419 g/mol. The monoisotopic (exact) mass is 447 g/mol. The fourth-order valence-electron chi connectivity index (χ4n) is 5.26. The van der Waals surface area contributed by atoms with E-state index in [2.05, 4.69) is 10.1 Å². The third-order valence-electron chi connectivity index (χ3n) is 6.77. The molecule has 3 N–H and O–H groups in total. The Balaban J connectivity index is 1.83. The fourth-order valence-corrected chi connectivity index (χ4v) is 5.26. The third kappa shape index (κ3) is 4.77. The zero-order valence-electron chi connectivity index (χ0n) is 17.5. The molecule has 0 radical (unpaired) electrons. The molecule has 0 bridgehead atoms. The number of amides is 2. The Hall–Kier alpha value is -2.01. The van der Waals surface area contributed by atoms with Crippen LogP contribution in [0, 0.1) is 17.8 Å². The molecule has 2 aliphatic heterocycles. The molecule has 3 aliphatic rings. The van der Waals surface area contributed by atoms with Gasteiger partial charge in [0.15, 0.2) is 5.78 Å². The van der Waals surface area contributed by atoms with E-state index in [1.165, 1.54) is 0 Å². The number of nitrogens with zero attached hydrogens (tertiary/aromatic N) is 1. The molecule has 3 atom stereocenters. The number of halogens is 3. The standard InChI is InChI=1S/C20H28F3N3O5/c1-10(2)16(28)12-6-19(7-12)8-14(17(24)29)26(19)13(5-11-3-4-25-18(11)30)15(27)9-31-20(21,22)23/h10-14H,3-9H2,1-2H3,(H2,24,29)(H,25,30)/t11-,12?,13-,14-,19?/m0/s1. The van der Waals surface area contributed by atoms with Crippen molar-refractivity contribution in [2.24, 2.45) is 23.5 Å². The Morgan fingerprint density at radius 1 is 1.26 bits per heavy atom. The Morgan fingerprint density at radius 2 is 1.90 bits per heavy atom. The van der Waals surface area contributed by atoms with E-state index in [0.29, 0.717) is 32.2 Å². The number of carbonyl (C=O) groups excluding carboxylic acids is 4. The van der Waals surface area contributed by atoms with Gasteiger partial charge < -0.3 is 11.1 Å². The molecule has 0 aromatic rings. The second kappa shape index (κ2) is 8.50. The molecule has 1 aliphatic carbocycles. The van der Waals surface area contributed by atoms with Gasteiger partial charge >= 0.3 is 6.36 Å². The van der Waals surface area contributed by atoms with Crippen LogP contribution in [0.15, 0.2) is 0 Å². The molecule has 31 heavy (non-hydrogen) atoms. The lowest BCUT2D eigenvalue weighted by atomic mass is 9.56. The highest BCUT2D eigenvalue weighted by atomic mass is 19.4. The quantitative estimate of drug-likeness (QED) is 0.543. The largest absolute Gasteiger partial charge is 0.522 e. The molecule has 3 fully saturated rings. The van der Waals surface area contributed by atoms with Gasteiger partial charge in [0.25, 0.3) is 0 Å². The minimum atomic E-state index is -4.98. The topological polar surface area (TPSA) is 119 Å². The second-order valence-electron chi connectivity index (χ2n) is 9.14. The predicted molar refractivity (Wildman–Crippen MR) is 101 cm³/mol. The van der Waals surface area contributed by atoms with Crippen LogP contribution in [0.2, 0.25) is 0 Å². The van der Waals surface area contributed by atoms with Gasteiger partial charge in [-0.15, -0.1) is 13.2 Å². The third-order valence-corrected chi connectivity index (χ3v) is 6.77. The van der Waals surface area contributed by atoms with Crippen molar-refractivity contribution >= 4 is 23.4 Å². The first-order chi connectivity index (χ1) is 14.3. The highest BCUT2D eigenvalue weighted by Gasteiger charge is 2.64. The summed E-state index contributed by atoms with van der Waals surface area (Å²) in [5.41, 5.74) is 4.85. The molecule has 8 nitrogen and oxygen atoms in total. The number of carbonyl (C=O) groups is 4. The Labute approximate surface area is 178 Å². The molecule has 2 amide bonds. The summed E-state index contributed by atoms with van der Waals surface area (Å²) in [6.07, 6.45) is -3.40. The van der Waals surface area contributed by atoms with E-state index >= 15 is 0 Å². The van der Waals surface area contributed by atoms with Gasteiger partial charge in [0.05, 0.1) is 12.1 Å². The molecule has 0 unspecified atom stereocenters. The van der Waals surface area contributed by atoms with Gasteiger partial charge in [-0.3, -0.25) is 28.8 Å². The lowest BCUT2D eigenvalue weighted by Crippen LogP contribution is -2.78. The molecule has 11 heteroatoms. The highest BCUT2D eigenvalue weighted by Crippen LogP contribution is 2.56. The van der Waals surface area contributed by atoms with E-state index in [1.807, 2.05) is 0 Å². The average molecular weight is 447 g/mol. The van der Waals surface area contributed by atoms with E-state index in [4.69, 9.17) is 5.73 Å². The summed E-state index contributed by atoms with van der Waals surface area (Å²) in [4.78, 5) is 50.8. The average Bonchev–Trinajstić information content (AvgIpc) is 3.00. The zero-order chi connectivity index (χ0) is 23.1. The molecule has 3 rings (SSSR count). The summed E-state index contributed by atoms with van der Waals surface area (Å²) < 4.78 is 41.3. The first-order valence-corrected chi connectivity index (χ1v) is 10.5. The van der Waals surface area contributed by atoms with Crippen LogP contribution in [0.4, 0.5) is 13.2 Å². The van der Waals surface area contributed by atoms with E-state index in [-0.39, 0.29) is 29.9 Å². The number of Topliss-reactive ketones (excluding diaryl/α,β-unsaturated/α-hetero) is 2. The Kier molecular flexibility index (Phi) is 6.48. The van der Waals surface area contributed by atoms with Gasteiger partial charge in [-0.1, -0.05) is 13.8 Å². The number of hydrogen-bond donors (Lipinski definition) is 2. The minimum absolute atomic E-state index is 0.0276. The first kappa shape index (κ1) is 23.6. The molecule has 2 heterocycles. The van der Waals surface area contributed by atoms with Crippen LogP contribution in [0.5, 0.6) is 0 Å². The number of alkyl halides is 3. The Bertz CT molecular complexity index is 764. The minimum Gasteiger partial charge on any atom is -0.368 e. The molecule has 1 spiro atoms. The van der Waals surface area contributed by atoms with Crippen LogP contribution in [0.3, 0.4) is 0 Å². The summed E-state index contributed by atoms with van der Waals surface area (Å²) >= 11 is 0. The molecule has 1 saturated carbocycles. The van der Waals surface area contributed by atoms with E-state index in [0.717, 1.165) is 0 Å². The maximum Gasteiger partial charge on any atom is 0.522 e. The number of ketones is 2. The summed E-state index contributed by atoms with van der Waals surface area (Å²) in [6.45, 7) is 2.78. The van der Waals surface area contributed by atoms with Gasteiger partial charge in [0, 0.05) is 29.8 Å².